The van der Waals surface area contributed by atoms with E-state index in [-0.39, 0.29) is 6.10 Å². The number of ether oxygens (including phenoxy) is 1. The highest BCUT2D eigenvalue weighted by Gasteiger charge is 2.27. The summed E-state index contributed by atoms with van der Waals surface area (Å²) in [4.78, 5) is 0. The van der Waals surface area contributed by atoms with E-state index in [4.69, 9.17) is 4.74 Å². The van der Waals surface area contributed by atoms with Gasteiger partial charge in [0.05, 0.1) is 6.10 Å². The van der Waals surface area contributed by atoms with Crippen molar-refractivity contribution in [3.63, 3.8) is 0 Å². The van der Waals surface area contributed by atoms with Crippen molar-refractivity contribution < 1.29 is 4.74 Å². The van der Waals surface area contributed by atoms with Gasteiger partial charge in [0.2, 0.25) is 0 Å². The molecule has 1 aliphatic rings. The Labute approximate surface area is 104 Å². The average Bonchev–Trinajstić information content (AvgIpc) is 2.75. The minimum atomic E-state index is 0.214. The van der Waals surface area contributed by atoms with E-state index in [1.165, 1.54) is 11.1 Å². The van der Waals surface area contributed by atoms with Crippen molar-refractivity contribution in [3.8, 4) is 0 Å². The van der Waals surface area contributed by atoms with Crippen molar-refractivity contribution in [2.45, 2.75) is 26.4 Å². The van der Waals surface area contributed by atoms with Gasteiger partial charge < -0.3 is 4.74 Å². The van der Waals surface area contributed by atoms with Crippen LogP contribution in [0.15, 0.2) is 48.6 Å². The first kappa shape index (κ1) is 12.1. The van der Waals surface area contributed by atoms with Crippen molar-refractivity contribution >= 4 is 0 Å². The largest absolute Gasteiger partial charge is 0.373 e. The SMILES string of the molecule is C=C(C)/C=C/[C@H]1CCO[C@@H]1c1ccc(C)cc1. The van der Waals surface area contributed by atoms with Gasteiger partial charge in [0, 0.05) is 12.5 Å². The Morgan fingerprint density at radius 1 is 1.35 bits per heavy atom. The molecule has 1 saturated heterocycles. The predicted molar refractivity (Wildman–Crippen MR) is 71.9 cm³/mol. The lowest BCUT2D eigenvalue weighted by atomic mass is 9.94. The molecule has 1 aliphatic heterocycles. The molecule has 1 aromatic rings. The fourth-order valence-electron chi connectivity index (χ4n) is 2.19. The second-order valence-electron chi connectivity index (χ2n) is 4.86. The third kappa shape index (κ3) is 3.07. The van der Waals surface area contributed by atoms with E-state index in [1.807, 2.05) is 6.92 Å². The molecule has 2 atom stereocenters. The maximum Gasteiger partial charge on any atom is 0.0888 e. The smallest absolute Gasteiger partial charge is 0.0888 e. The summed E-state index contributed by atoms with van der Waals surface area (Å²) in [6.45, 7) is 8.88. The Balaban J connectivity index is 2.14. The molecule has 1 heteroatoms. The number of aryl methyl sites for hydroxylation is 1. The van der Waals surface area contributed by atoms with Gasteiger partial charge in [0.25, 0.3) is 0 Å². The summed E-state index contributed by atoms with van der Waals surface area (Å²) in [6.07, 6.45) is 5.65. The molecule has 0 aliphatic carbocycles. The fourth-order valence-corrected chi connectivity index (χ4v) is 2.19. The third-order valence-electron chi connectivity index (χ3n) is 3.17. The van der Waals surface area contributed by atoms with Crippen LogP contribution in [-0.4, -0.2) is 6.61 Å². The van der Waals surface area contributed by atoms with Crippen molar-refractivity contribution in [3.05, 3.63) is 59.7 Å². The van der Waals surface area contributed by atoms with Crippen LogP contribution in [0.4, 0.5) is 0 Å². The molecule has 0 radical (unpaired) electrons. The molecule has 0 amide bonds. The van der Waals surface area contributed by atoms with Crippen molar-refractivity contribution in [1.82, 2.24) is 0 Å². The Hall–Kier alpha value is -1.34. The molecule has 1 heterocycles. The van der Waals surface area contributed by atoms with Crippen LogP contribution in [0, 0.1) is 12.8 Å². The first-order chi connectivity index (χ1) is 8.16. The van der Waals surface area contributed by atoms with E-state index in [9.17, 15) is 0 Å². The van der Waals surface area contributed by atoms with Gasteiger partial charge >= 0.3 is 0 Å². The fraction of sp³-hybridized carbons (Fsp3) is 0.375. The lowest BCUT2D eigenvalue weighted by Gasteiger charge is -2.16. The van der Waals surface area contributed by atoms with Crippen molar-refractivity contribution in [2.24, 2.45) is 5.92 Å². The van der Waals surface area contributed by atoms with Crippen LogP contribution in [0.5, 0.6) is 0 Å². The molecule has 0 aromatic heterocycles. The minimum absolute atomic E-state index is 0.214. The highest BCUT2D eigenvalue weighted by atomic mass is 16.5. The zero-order chi connectivity index (χ0) is 12.3. The molecular weight excluding hydrogens is 208 g/mol. The normalized spacial score (nSPS) is 24.4. The summed E-state index contributed by atoms with van der Waals surface area (Å²) in [5.74, 6) is 0.481. The topological polar surface area (TPSA) is 9.23 Å². The van der Waals surface area contributed by atoms with Gasteiger partial charge in [-0.2, -0.15) is 0 Å². The standard InChI is InChI=1S/C16H20O/c1-12(2)4-7-15-10-11-17-16(15)14-8-5-13(3)6-9-14/h4-9,15-16H,1,10-11H2,2-3H3/b7-4+/t15-,16+/m0/s1. The van der Waals surface area contributed by atoms with Crippen LogP contribution in [0.2, 0.25) is 0 Å². The van der Waals surface area contributed by atoms with Crippen molar-refractivity contribution in [1.29, 1.82) is 0 Å². The number of hydrogen-bond acceptors (Lipinski definition) is 1. The summed E-state index contributed by atoms with van der Waals surface area (Å²) in [5.41, 5.74) is 3.67. The van der Waals surface area contributed by atoms with Gasteiger partial charge in [0.15, 0.2) is 0 Å². The zero-order valence-electron chi connectivity index (χ0n) is 10.6. The Morgan fingerprint density at radius 3 is 2.71 bits per heavy atom. The molecule has 0 saturated carbocycles. The first-order valence-corrected chi connectivity index (χ1v) is 6.18. The average molecular weight is 228 g/mol. The quantitative estimate of drug-likeness (QED) is 0.704. The van der Waals surface area contributed by atoms with E-state index in [0.29, 0.717) is 5.92 Å². The maximum atomic E-state index is 5.84. The van der Waals surface area contributed by atoms with Crippen LogP contribution >= 0.6 is 0 Å². The Kier molecular flexibility index (Phi) is 3.80. The van der Waals surface area contributed by atoms with Crippen LogP contribution in [-0.2, 0) is 4.74 Å². The lowest BCUT2D eigenvalue weighted by Crippen LogP contribution is -2.05. The zero-order valence-corrected chi connectivity index (χ0v) is 10.6. The molecule has 0 bridgehead atoms. The molecule has 1 fully saturated rings. The summed E-state index contributed by atoms with van der Waals surface area (Å²) in [5, 5.41) is 0. The van der Waals surface area contributed by atoms with E-state index < -0.39 is 0 Å². The highest BCUT2D eigenvalue weighted by Crippen LogP contribution is 2.35. The Morgan fingerprint density at radius 2 is 2.06 bits per heavy atom. The van der Waals surface area contributed by atoms with Crippen LogP contribution in [0.1, 0.15) is 30.6 Å². The molecule has 0 spiro atoms. The minimum Gasteiger partial charge on any atom is -0.373 e. The predicted octanol–water partition coefficient (Wildman–Crippen LogP) is 4.20. The van der Waals surface area contributed by atoms with Crippen molar-refractivity contribution in [2.75, 3.05) is 6.61 Å². The van der Waals surface area contributed by atoms with Gasteiger partial charge in [-0.15, -0.1) is 0 Å². The van der Waals surface area contributed by atoms with Gasteiger partial charge in [-0.05, 0) is 25.8 Å². The van der Waals surface area contributed by atoms with Crippen LogP contribution in [0.3, 0.4) is 0 Å². The summed E-state index contributed by atoms with van der Waals surface area (Å²) in [7, 11) is 0. The lowest BCUT2D eigenvalue weighted by molar-refractivity contribution is 0.0995. The second-order valence-corrected chi connectivity index (χ2v) is 4.86. The van der Waals surface area contributed by atoms with Crippen LogP contribution in [0.25, 0.3) is 0 Å². The molecule has 1 aromatic carbocycles. The van der Waals surface area contributed by atoms with Gasteiger partial charge in [-0.1, -0.05) is 54.1 Å². The number of allylic oxidation sites excluding steroid dienone is 2. The number of rotatable bonds is 3. The van der Waals surface area contributed by atoms with E-state index >= 15 is 0 Å². The molecule has 17 heavy (non-hydrogen) atoms. The van der Waals surface area contributed by atoms with E-state index in [1.54, 1.807) is 0 Å². The molecule has 2 rings (SSSR count). The maximum absolute atomic E-state index is 5.84. The van der Waals surface area contributed by atoms with E-state index in [2.05, 4.69) is 49.9 Å². The van der Waals surface area contributed by atoms with Gasteiger partial charge in [-0.25, -0.2) is 0 Å². The van der Waals surface area contributed by atoms with Gasteiger partial charge in [0.1, 0.15) is 0 Å². The Bertz CT molecular complexity index is 414. The summed E-state index contributed by atoms with van der Waals surface area (Å²) in [6, 6.07) is 8.65. The number of hydrogen-bond donors (Lipinski definition) is 0. The summed E-state index contributed by atoms with van der Waals surface area (Å²) < 4.78 is 5.84. The molecular formula is C16H20O. The van der Waals surface area contributed by atoms with Gasteiger partial charge in [-0.3, -0.25) is 0 Å². The molecule has 1 nitrogen and oxygen atoms in total. The molecule has 0 N–H and O–H groups in total. The molecule has 0 unspecified atom stereocenters. The summed E-state index contributed by atoms with van der Waals surface area (Å²) >= 11 is 0. The number of benzene rings is 1. The first-order valence-electron chi connectivity index (χ1n) is 6.18. The highest BCUT2D eigenvalue weighted by molar-refractivity contribution is 5.26. The second kappa shape index (κ2) is 5.33. The third-order valence-corrected chi connectivity index (χ3v) is 3.17. The van der Waals surface area contributed by atoms with Crippen LogP contribution < -0.4 is 0 Å². The van der Waals surface area contributed by atoms with E-state index in [0.717, 1.165) is 18.6 Å². The monoisotopic (exact) mass is 228 g/mol. The molecule has 90 valence electrons.